The SMILES string of the molecule is Nc1ccc(Cl)cc1S(=O)CCCC(F)(F)F. The predicted molar refractivity (Wildman–Crippen MR) is 62.4 cm³/mol. The summed E-state index contributed by atoms with van der Waals surface area (Å²) in [5.74, 6) is -0.0793. The van der Waals surface area contributed by atoms with Gasteiger partial charge in [-0.3, -0.25) is 4.21 Å². The summed E-state index contributed by atoms with van der Waals surface area (Å²) < 4.78 is 47.4. The second-order valence-corrected chi connectivity index (χ2v) is 5.43. The maximum Gasteiger partial charge on any atom is 0.389 e. The number of rotatable bonds is 4. The van der Waals surface area contributed by atoms with Gasteiger partial charge in [-0.15, -0.1) is 0 Å². The minimum absolute atomic E-state index is 0.0793. The minimum atomic E-state index is -4.22. The first kappa shape index (κ1) is 14.3. The number of nitrogens with two attached hydrogens (primary N) is 1. The van der Waals surface area contributed by atoms with Crippen molar-refractivity contribution in [2.45, 2.75) is 23.9 Å². The van der Waals surface area contributed by atoms with Crippen LogP contribution in [0.25, 0.3) is 0 Å². The Labute approximate surface area is 104 Å². The molecule has 0 heterocycles. The fraction of sp³-hybridized carbons (Fsp3) is 0.400. The molecule has 0 bridgehead atoms. The van der Waals surface area contributed by atoms with Crippen LogP contribution in [0.5, 0.6) is 0 Å². The summed E-state index contributed by atoms with van der Waals surface area (Å²) in [6.45, 7) is 0. The Morgan fingerprint density at radius 1 is 1.35 bits per heavy atom. The standard InChI is InChI=1S/C10H11ClF3NOS/c11-7-2-3-8(15)9(6-7)17(16)5-1-4-10(12,13)14/h2-3,6H,1,4-5,15H2. The number of anilines is 1. The molecule has 1 rings (SSSR count). The van der Waals surface area contributed by atoms with E-state index in [9.17, 15) is 17.4 Å². The van der Waals surface area contributed by atoms with Gasteiger partial charge in [0.05, 0.1) is 15.7 Å². The number of alkyl halides is 3. The van der Waals surface area contributed by atoms with E-state index in [2.05, 4.69) is 0 Å². The van der Waals surface area contributed by atoms with Gasteiger partial charge in [0, 0.05) is 22.9 Å². The maximum absolute atomic E-state index is 11.9. The van der Waals surface area contributed by atoms with E-state index in [1.165, 1.54) is 18.2 Å². The van der Waals surface area contributed by atoms with Gasteiger partial charge in [-0.1, -0.05) is 11.6 Å². The number of halogens is 4. The van der Waals surface area contributed by atoms with E-state index >= 15 is 0 Å². The van der Waals surface area contributed by atoms with E-state index in [1.807, 2.05) is 0 Å². The van der Waals surface area contributed by atoms with E-state index in [-0.39, 0.29) is 17.9 Å². The Hall–Kier alpha value is -0.750. The fourth-order valence-corrected chi connectivity index (χ4v) is 2.67. The lowest BCUT2D eigenvalue weighted by Crippen LogP contribution is -2.10. The van der Waals surface area contributed by atoms with Gasteiger partial charge in [0.15, 0.2) is 0 Å². The summed E-state index contributed by atoms with van der Waals surface area (Å²) in [5, 5.41) is 0.360. The fourth-order valence-electron chi connectivity index (χ4n) is 1.22. The molecule has 7 heteroatoms. The van der Waals surface area contributed by atoms with Gasteiger partial charge in [0.2, 0.25) is 0 Å². The van der Waals surface area contributed by atoms with Gasteiger partial charge in [0.1, 0.15) is 0 Å². The van der Waals surface area contributed by atoms with Gasteiger partial charge in [-0.05, 0) is 24.6 Å². The molecule has 1 unspecified atom stereocenters. The molecule has 0 aliphatic heterocycles. The second-order valence-electron chi connectivity index (χ2n) is 3.45. The Balaban J connectivity index is 2.61. The summed E-state index contributed by atoms with van der Waals surface area (Å²) >= 11 is 5.70. The average molecular weight is 286 g/mol. The molecule has 1 aromatic rings. The minimum Gasteiger partial charge on any atom is -0.398 e. The van der Waals surface area contributed by atoms with Crippen LogP contribution in [0.15, 0.2) is 23.1 Å². The van der Waals surface area contributed by atoms with Crippen molar-refractivity contribution in [3.63, 3.8) is 0 Å². The van der Waals surface area contributed by atoms with E-state index in [1.54, 1.807) is 0 Å². The van der Waals surface area contributed by atoms with Crippen LogP contribution in [0, 0.1) is 0 Å². The van der Waals surface area contributed by atoms with Gasteiger partial charge >= 0.3 is 6.18 Å². The van der Waals surface area contributed by atoms with Crippen LogP contribution in [0.4, 0.5) is 18.9 Å². The maximum atomic E-state index is 11.9. The first-order valence-electron chi connectivity index (χ1n) is 4.80. The molecule has 96 valence electrons. The number of hydrogen-bond donors (Lipinski definition) is 1. The van der Waals surface area contributed by atoms with E-state index in [0.29, 0.717) is 9.92 Å². The van der Waals surface area contributed by atoms with Crippen LogP contribution in [-0.2, 0) is 10.8 Å². The zero-order valence-electron chi connectivity index (χ0n) is 8.76. The summed E-state index contributed by atoms with van der Waals surface area (Å²) in [7, 11) is -1.55. The normalized spacial score (nSPS) is 13.6. The van der Waals surface area contributed by atoms with Crippen molar-refractivity contribution in [2.24, 2.45) is 0 Å². The smallest absolute Gasteiger partial charge is 0.389 e. The van der Waals surface area contributed by atoms with Crippen LogP contribution in [0.2, 0.25) is 5.02 Å². The topological polar surface area (TPSA) is 43.1 Å². The number of nitrogen functional groups attached to an aromatic ring is 1. The van der Waals surface area contributed by atoms with Crippen molar-refractivity contribution in [3.8, 4) is 0 Å². The molecule has 1 aromatic carbocycles. The lowest BCUT2D eigenvalue weighted by Gasteiger charge is -2.08. The predicted octanol–water partition coefficient (Wildman–Crippen LogP) is 3.37. The molecule has 0 aliphatic carbocycles. The third-order valence-corrected chi connectivity index (χ3v) is 3.75. The molecule has 2 N–H and O–H groups in total. The van der Waals surface area contributed by atoms with Gasteiger partial charge < -0.3 is 5.73 Å². The molecule has 0 amide bonds. The van der Waals surface area contributed by atoms with Gasteiger partial charge in [0.25, 0.3) is 0 Å². The van der Waals surface area contributed by atoms with Crippen molar-refractivity contribution in [3.05, 3.63) is 23.2 Å². The van der Waals surface area contributed by atoms with Crippen molar-refractivity contribution in [2.75, 3.05) is 11.5 Å². The molecule has 0 fully saturated rings. The van der Waals surface area contributed by atoms with Gasteiger partial charge in [-0.25, -0.2) is 0 Å². The Morgan fingerprint density at radius 2 is 2.00 bits per heavy atom. The molecule has 0 spiro atoms. The van der Waals surface area contributed by atoms with E-state index in [0.717, 1.165) is 0 Å². The summed E-state index contributed by atoms with van der Waals surface area (Å²) in [6, 6.07) is 4.44. The molecule has 0 saturated carbocycles. The molecule has 2 nitrogen and oxygen atoms in total. The molecular formula is C10H11ClF3NOS. The highest BCUT2D eigenvalue weighted by Gasteiger charge is 2.26. The lowest BCUT2D eigenvalue weighted by molar-refractivity contribution is -0.134. The Bertz CT molecular complexity index is 423. The van der Waals surface area contributed by atoms with Crippen LogP contribution in [0.1, 0.15) is 12.8 Å². The van der Waals surface area contributed by atoms with Crippen LogP contribution >= 0.6 is 11.6 Å². The molecular weight excluding hydrogens is 275 g/mol. The van der Waals surface area contributed by atoms with E-state index < -0.39 is 23.4 Å². The summed E-state index contributed by atoms with van der Waals surface area (Å²) in [6.07, 6.45) is -5.36. The zero-order valence-corrected chi connectivity index (χ0v) is 10.3. The Kier molecular flexibility index (Phi) is 4.82. The van der Waals surface area contributed by atoms with Crippen molar-refractivity contribution in [1.29, 1.82) is 0 Å². The number of benzene rings is 1. The zero-order chi connectivity index (χ0) is 13.1. The van der Waals surface area contributed by atoms with Crippen LogP contribution in [-0.4, -0.2) is 16.1 Å². The molecule has 0 radical (unpaired) electrons. The van der Waals surface area contributed by atoms with Crippen LogP contribution in [0.3, 0.4) is 0 Å². The molecule has 1 atom stereocenters. The first-order chi connectivity index (χ1) is 7.79. The molecule has 0 aliphatic rings. The van der Waals surface area contributed by atoms with Gasteiger partial charge in [-0.2, -0.15) is 13.2 Å². The third kappa shape index (κ3) is 4.95. The monoisotopic (exact) mass is 285 g/mol. The second kappa shape index (κ2) is 5.73. The third-order valence-electron chi connectivity index (χ3n) is 2.01. The largest absolute Gasteiger partial charge is 0.398 e. The highest BCUT2D eigenvalue weighted by Crippen LogP contribution is 2.24. The highest BCUT2D eigenvalue weighted by atomic mass is 35.5. The molecule has 0 aromatic heterocycles. The van der Waals surface area contributed by atoms with Crippen molar-refractivity contribution < 1.29 is 17.4 Å². The van der Waals surface area contributed by atoms with E-state index in [4.69, 9.17) is 17.3 Å². The highest BCUT2D eigenvalue weighted by molar-refractivity contribution is 7.85. The Morgan fingerprint density at radius 3 is 2.59 bits per heavy atom. The molecule has 17 heavy (non-hydrogen) atoms. The van der Waals surface area contributed by atoms with Crippen molar-refractivity contribution in [1.82, 2.24) is 0 Å². The quantitative estimate of drug-likeness (QED) is 0.862. The summed E-state index contributed by atoms with van der Waals surface area (Å²) in [5.41, 5.74) is 5.85. The average Bonchev–Trinajstić information content (AvgIpc) is 2.19. The van der Waals surface area contributed by atoms with Crippen LogP contribution < -0.4 is 5.73 Å². The van der Waals surface area contributed by atoms with Crippen molar-refractivity contribution >= 4 is 28.1 Å². The first-order valence-corrected chi connectivity index (χ1v) is 6.49. The lowest BCUT2D eigenvalue weighted by atomic mass is 10.3. The molecule has 0 saturated heterocycles. The summed E-state index contributed by atoms with van der Waals surface area (Å²) in [4.78, 5) is 0.291. The number of hydrogen-bond acceptors (Lipinski definition) is 2.